The van der Waals surface area contributed by atoms with E-state index in [2.05, 4.69) is 10.4 Å². The van der Waals surface area contributed by atoms with Gasteiger partial charge in [-0.2, -0.15) is 0 Å². The second-order valence-electron chi connectivity index (χ2n) is 7.92. The molecule has 1 saturated heterocycles. The first-order valence-corrected chi connectivity index (χ1v) is 10.4. The Hall–Kier alpha value is -2.59. The van der Waals surface area contributed by atoms with E-state index in [1.54, 1.807) is 16.8 Å². The van der Waals surface area contributed by atoms with Crippen molar-refractivity contribution in [2.75, 3.05) is 17.7 Å². The normalized spacial score (nSPS) is 23.7. The summed E-state index contributed by atoms with van der Waals surface area (Å²) < 4.78 is 7.53. The molecule has 2 aliphatic heterocycles. The van der Waals surface area contributed by atoms with Crippen LogP contribution < -0.4 is 10.9 Å². The van der Waals surface area contributed by atoms with Crippen LogP contribution in [0.15, 0.2) is 29.1 Å². The molecular weight excluding hydrogens is 396 g/mol. The number of fused-ring (bicyclic) bond motifs is 1. The van der Waals surface area contributed by atoms with E-state index in [1.165, 1.54) is 23.9 Å². The van der Waals surface area contributed by atoms with Crippen molar-refractivity contribution in [2.45, 2.75) is 43.6 Å². The average Bonchev–Trinajstić information content (AvgIpc) is 2.87. The molecule has 9 nitrogen and oxygen atoms in total. The van der Waals surface area contributed by atoms with E-state index in [0.717, 1.165) is 0 Å². The van der Waals surface area contributed by atoms with Crippen molar-refractivity contribution in [3.63, 3.8) is 0 Å². The largest absolute Gasteiger partial charge is 0.375 e. The summed E-state index contributed by atoms with van der Waals surface area (Å²) in [6.45, 7) is 4.56. The maximum Gasteiger partial charge on any atom is 0.270 e. The van der Waals surface area contributed by atoms with E-state index in [1.807, 2.05) is 13.8 Å². The molecule has 2 aliphatic rings. The summed E-state index contributed by atoms with van der Waals surface area (Å²) in [5, 5.41) is 16.5. The fraction of sp³-hybridized carbons (Fsp3) is 0.474. The molecule has 2 aromatic rings. The first-order valence-electron chi connectivity index (χ1n) is 9.39. The highest BCUT2D eigenvalue weighted by atomic mass is 32.2. The highest BCUT2D eigenvalue weighted by Crippen LogP contribution is 2.42. The lowest BCUT2D eigenvalue weighted by Gasteiger charge is -2.36. The number of thioether (sulfide) groups is 1. The van der Waals surface area contributed by atoms with E-state index in [9.17, 15) is 19.7 Å². The zero-order valence-corrected chi connectivity index (χ0v) is 17.0. The van der Waals surface area contributed by atoms with Gasteiger partial charge in [-0.1, -0.05) is 12.1 Å². The Morgan fingerprint density at radius 3 is 2.86 bits per heavy atom. The number of hydrogen-bond acceptors (Lipinski definition) is 6. The van der Waals surface area contributed by atoms with Crippen LogP contribution in [0.3, 0.4) is 0 Å². The highest BCUT2D eigenvalue weighted by molar-refractivity contribution is 8.00. The van der Waals surface area contributed by atoms with Crippen LogP contribution in [0.25, 0.3) is 0 Å². The lowest BCUT2D eigenvalue weighted by atomic mass is 9.94. The number of ether oxygens (including phenoxy) is 1. The number of nitro groups is 1. The molecule has 0 unspecified atom stereocenters. The Kier molecular flexibility index (Phi) is 4.99. The molecule has 0 aliphatic carbocycles. The molecule has 10 heteroatoms. The predicted octanol–water partition coefficient (Wildman–Crippen LogP) is 2.99. The van der Waals surface area contributed by atoms with Gasteiger partial charge >= 0.3 is 0 Å². The van der Waals surface area contributed by atoms with Crippen molar-refractivity contribution in [3.05, 3.63) is 55.9 Å². The van der Waals surface area contributed by atoms with Crippen LogP contribution in [-0.2, 0) is 9.53 Å². The molecule has 3 heterocycles. The summed E-state index contributed by atoms with van der Waals surface area (Å²) in [7, 11) is 0. The molecule has 2 atom stereocenters. The molecule has 4 rings (SSSR count). The van der Waals surface area contributed by atoms with Crippen LogP contribution in [0.1, 0.15) is 49.1 Å². The Balaban J connectivity index is 1.81. The Morgan fingerprint density at radius 1 is 1.34 bits per heavy atom. The zero-order chi connectivity index (χ0) is 20.8. The quantitative estimate of drug-likeness (QED) is 0.584. The summed E-state index contributed by atoms with van der Waals surface area (Å²) in [5.41, 5.74) is 0.369. The molecule has 1 aromatic carbocycles. The third-order valence-corrected chi connectivity index (χ3v) is 6.55. The Labute approximate surface area is 170 Å². The molecule has 0 radical (unpaired) electrons. The molecule has 154 valence electrons. The standard InChI is InChI=1S/C19H22N4O5S/c1-19(2)9-13(6-7-28-19)22-17-15(18(25)21-22)16(29-10-14(24)20-17)11-4-3-5-12(8-11)23(26)27/h3-5,8,13,16H,6-7,9-10H2,1-2H3,(H,20,24)(H,21,25)/t13-,16+/m1/s1. The SMILES string of the molecule is CC1(C)C[C@H](n2[nH]c(=O)c3c2NC(=O)CS[C@H]3c2cccc([N+](=O)[O-])c2)CCO1. The first-order chi connectivity index (χ1) is 13.7. The van der Waals surface area contributed by atoms with E-state index in [0.29, 0.717) is 36.4 Å². The van der Waals surface area contributed by atoms with Gasteiger partial charge in [-0.05, 0) is 32.3 Å². The molecular formula is C19H22N4O5S. The number of non-ortho nitro benzene ring substituents is 1. The number of aromatic amines is 1. The fourth-order valence-corrected chi connectivity index (χ4v) is 5.12. The van der Waals surface area contributed by atoms with Crippen LogP contribution in [0.5, 0.6) is 0 Å². The van der Waals surface area contributed by atoms with Gasteiger partial charge in [-0.3, -0.25) is 29.5 Å². The number of nitro benzene ring substituents is 1. The number of benzene rings is 1. The summed E-state index contributed by atoms with van der Waals surface area (Å²) in [4.78, 5) is 36.0. The van der Waals surface area contributed by atoms with Crippen molar-refractivity contribution >= 4 is 29.2 Å². The minimum absolute atomic E-state index is 0.0237. The molecule has 0 saturated carbocycles. The van der Waals surface area contributed by atoms with Gasteiger partial charge in [-0.25, -0.2) is 0 Å². The number of nitrogens with one attached hydrogen (secondary N) is 2. The van der Waals surface area contributed by atoms with Crippen molar-refractivity contribution in [2.24, 2.45) is 0 Å². The van der Waals surface area contributed by atoms with Crippen molar-refractivity contribution in [1.29, 1.82) is 0 Å². The van der Waals surface area contributed by atoms with Gasteiger partial charge in [0.15, 0.2) is 0 Å². The molecule has 29 heavy (non-hydrogen) atoms. The van der Waals surface area contributed by atoms with Crippen LogP contribution >= 0.6 is 11.8 Å². The van der Waals surface area contributed by atoms with Gasteiger partial charge in [0, 0.05) is 18.7 Å². The van der Waals surface area contributed by atoms with E-state index in [4.69, 9.17) is 4.74 Å². The van der Waals surface area contributed by atoms with E-state index in [-0.39, 0.29) is 34.5 Å². The lowest BCUT2D eigenvalue weighted by Crippen LogP contribution is -2.36. The Bertz CT molecular complexity index is 1030. The number of carbonyl (C=O) groups is 1. The van der Waals surface area contributed by atoms with Gasteiger partial charge in [0.25, 0.3) is 11.2 Å². The maximum absolute atomic E-state index is 12.9. The smallest absolute Gasteiger partial charge is 0.270 e. The maximum atomic E-state index is 12.9. The van der Waals surface area contributed by atoms with Gasteiger partial charge in [0.1, 0.15) is 5.82 Å². The van der Waals surface area contributed by atoms with Gasteiger partial charge in [-0.15, -0.1) is 11.8 Å². The molecule has 0 bridgehead atoms. The van der Waals surface area contributed by atoms with Crippen molar-refractivity contribution < 1.29 is 14.5 Å². The number of amides is 1. The fourth-order valence-electron chi connectivity index (χ4n) is 4.00. The van der Waals surface area contributed by atoms with Gasteiger partial charge in [0.2, 0.25) is 5.91 Å². The second kappa shape index (κ2) is 7.34. The number of H-pyrrole nitrogens is 1. The van der Waals surface area contributed by atoms with Crippen molar-refractivity contribution in [1.82, 2.24) is 9.78 Å². The summed E-state index contributed by atoms with van der Waals surface area (Å²) >= 11 is 1.29. The minimum Gasteiger partial charge on any atom is -0.375 e. The zero-order valence-electron chi connectivity index (χ0n) is 16.1. The van der Waals surface area contributed by atoms with Crippen LogP contribution in [0.4, 0.5) is 11.5 Å². The van der Waals surface area contributed by atoms with Gasteiger partial charge < -0.3 is 10.1 Å². The van der Waals surface area contributed by atoms with Crippen LogP contribution in [0.2, 0.25) is 0 Å². The molecule has 1 aromatic heterocycles. The summed E-state index contributed by atoms with van der Waals surface area (Å²) in [6.07, 6.45) is 1.40. The van der Waals surface area contributed by atoms with E-state index >= 15 is 0 Å². The van der Waals surface area contributed by atoms with Crippen LogP contribution in [0, 0.1) is 10.1 Å². The molecule has 2 N–H and O–H groups in total. The lowest BCUT2D eigenvalue weighted by molar-refractivity contribution is -0.384. The molecule has 1 fully saturated rings. The third-order valence-electron chi connectivity index (χ3n) is 5.28. The van der Waals surface area contributed by atoms with E-state index < -0.39 is 10.2 Å². The number of hydrogen-bond donors (Lipinski definition) is 2. The molecule has 1 amide bonds. The predicted molar refractivity (Wildman–Crippen MR) is 109 cm³/mol. The third kappa shape index (κ3) is 3.82. The number of anilines is 1. The number of nitrogens with zero attached hydrogens (tertiary/aromatic N) is 2. The summed E-state index contributed by atoms with van der Waals surface area (Å²) in [5.74, 6) is 0.397. The topological polar surface area (TPSA) is 119 Å². The second-order valence-corrected chi connectivity index (χ2v) is 9.01. The number of rotatable bonds is 3. The number of carbonyl (C=O) groups excluding carboxylic acids is 1. The van der Waals surface area contributed by atoms with Gasteiger partial charge in [0.05, 0.1) is 33.1 Å². The summed E-state index contributed by atoms with van der Waals surface area (Å²) in [6, 6.07) is 6.20. The van der Waals surface area contributed by atoms with Crippen LogP contribution in [-0.4, -0.2) is 38.6 Å². The van der Waals surface area contributed by atoms with Crippen molar-refractivity contribution in [3.8, 4) is 0 Å². The molecule has 0 spiro atoms. The first kappa shape index (κ1) is 19.7. The average molecular weight is 418 g/mol. The Morgan fingerprint density at radius 2 is 2.14 bits per heavy atom. The minimum atomic E-state index is -0.485. The number of aromatic nitrogens is 2. The highest BCUT2D eigenvalue weighted by Gasteiger charge is 2.36. The monoisotopic (exact) mass is 418 g/mol.